The molecule has 5 heteroatoms. The van der Waals surface area contributed by atoms with E-state index < -0.39 is 11.7 Å². The predicted octanol–water partition coefficient (Wildman–Crippen LogP) is 4.07. The minimum Gasteiger partial charge on any atom is -0.444 e. The van der Waals surface area contributed by atoms with Crippen molar-refractivity contribution in [1.82, 2.24) is 4.90 Å². The number of amides is 1. The summed E-state index contributed by atoms with van der Waals surface area (Å²) in [6.45, 7) is 5.62. The third kappa shape index (κ3) is 3.41. The zero-order valence-electron chi connectivity index (χ0n) is 13.8. The standard InChI is InChI=1S/C18H24BrNO3/c1-18(2,3)23-17(22)20-13-8-9-15(20)16(21)14(10-13)11-4-6-12(19)7-5-11/h4-7,13-16,21H,8-10H2,1-3H3. The predicted molar refractivity (Wildman–Crippen MR) is 92.4 cm³/mol. The van der Waals surface area contributed by atoms with Gasteiger partial charge in [0.1, 0.15) is 5.60 Å². The Morgan fingerprint density at radius 1 is 1.26 bits per heavy atom. The molecule has 0 saturated carbocycles. The van der Waals surface area contributed by atoms with Gasteiger partial charge in [0.25, 0.3) is 0 Å². The molecule has 1 aromatic carbocycles. The van der Waals surface area contributed by atoms with Gasteiger partial charge >= 0.3 is 6.09 Å². The number of halogens is 1. The largest absolute Gasteiger partial charge is 0.444 e. The van der Waals surface area contributed by atoms with Crippen LogP contribution in [0.2, 0.25) is 0 Å². The second-order valence-electron chi connectivity index (χ2n) is 7.57. The number of carbonyl (C=O) groups is 1. The molecular weight excluding hydrogens is 358 g/mol. The molecule has 126 valence electrons. The van der Waals surface area contributed by atoms with Crippen LogP contribution in [-0.2, 0) is 4.74 Å². The third-order valence-corrected chi connectivity index (χ3v) is 5.31. The van der Waals surface area contributed by atoms with E-state index in [4.69, 9.17) is 4.74 Å². The van der Waals surface area contributed by atoms with Crippen LogP contribution in [0.4, 0.5) is 4.79 Å². The molecule has 0 radical (unpaired) electrons. The molecule has 0 aromatic heterocycles. The molecule has 2 bridgehead atoms. The summed E-state index contributed by atoms with van der Waals surface area (Å²) < 4.78 is 6.57. The molecule has 3 rings (SSSR count). The van der Waals surface area contributed by atoms with Crippen molar-refractivity contribution in [3.8, 4) is 0 Å². The van der Waals surface area contributed by atoms with Gasteiger partial charge in [-0.05, 0) is 57.7 Å². The molecule has 4 atom stereocenters. The Morgan fingerprint density at radius 3 is 2.52 bits per heavy atom. The summed E-state index contributed by atoms with van der Waals surface area (Å²) in [5.74, 6) is 0.0827. The second-order valence-corrected chi connectivity index (χ2v) is 8.49. The second kappa shape index (κ2) is 6.10. The van der Waals surface area contributed by atoms with Gasteiger partial charge in [-0.3, -0.25) is 4.90 Å². The molecule has 2 fully saturated rings. The highest BCUT2D eigenvalue weighted by molar-refractivity contribution is 9.10. The lowest BCUT2D eigenvalue weighted by atomic mass is 9.83. The Bertz CT molecular complexity index is 581. The number of carbonyl (C=O) groups excluding carboxylic acids is 1. The maximum absolute atomic E-state index is 12.5. The minimum absolute atomic E-state index is 0.0827. The van der Waals surface area contributed by atoms with Gasteiger partial charge in [0.2, 0.25) is 0 Å². The van der Waals surface area contributed by atoms with Crippen molar-refractivity contribution in [1.29, 1.82) is 0 Å². The van der Waals surface area contributed by atoms with Crippen LogP contribution < -0.4 is 0 Å². The van der Waals surface area contributed by atoms with Crippen LogP contribution in [0.15, 0.2) is 28.7 Å². The van der Waals surface area contributed by atoms with Crippen LogP contribution in [0.25, 0.3) is 0 Å². The summed E-state index contributed by atoms with van der Waals surface area (Å²) in [6.07, 6.45) is 1.74. The van der Waals surface area contributed by atoms with Gasteiger partial charge in [0.15, 0.2) is 0 Å². The van der Waals surface area contributed by atoms with Crippen LogP contribution in [0.5, 0.6) is 0 Å². The van der Waals surface area contributed by atoms with Crippen LogP contribution in [0.1, 0.15) is 51.5 Å². The summed E-state index contributed by atoms with van der Waals surface area (Å²) in [5.41, 5.74) is 0.630. The smallest absolute Gasteiger partial charge is 0.410 e. The highest BCUT2D eigenvalue weighted by atomic mass is 79.9. The Kier molecular flexibility index (Phi) is 4.45. The zero-order chi connectivity index (χ0) is 16.8. The van der Waals surface area contributed by atoms with E-state index in [1.807, 2.05) is 32.9 Å². The van der Waals surface area contributed by atoms with E-state index in [0.717, 1.165) is 29.3 Å². The van der Waals surface area contributed by atoms with E-state index >= 15 is 0 Å². The number of piperidine rings is 1. The SMILES string of the molecule is CC(C)(C)OC(=O)N1C2CCC1C(O)C(c1ccc(Br)cc1)C2. The zero-order valence-corrected chi connectivity index (χ0v) is 15.4. The number of hydrogen-bond acceptors (Lipinski definition) is 3. The van der Waals surface area contributed by atoms with E-state index in [9.17, 15) is 9.90 Å². The fourth-order valence-corrected chi connectivity index (χ4v) is 4.09. The molecule has 1 amide bonds. The van der Waals surface area contributed by atoms with E-state index in [0.29, 0.717) is 0 Å². The summed E-state index contributed by atoms with van der Waals surface area (Å²) in [7, 11) is 0. The average Bonchev–Trinajstić information content (AvgIpc) is 2.80. The molecule has 2 heterocycles. The molecule has 1 aromatic rings. The summed E-state index contributed by atoms with van der Waals surface area (Å²) >= 11 is 3.45. The van der Waals surface area contributed by atoms with Gasteiger partial charge in [-0.25, -0.2) is 4.79 Å². The normalized spacial score (nSPS) is 30.4. The van der Waals surface area contributed by atoms with Crippen molar-refractivity contribution >= 4 is 22.0 Å². The van der Waals surface area contributed by atoms with Crippen LogP contribution >= 0.6 is 15.9 Å². The Hall–Kier alpha value is -1.07. The number of nitrogens with zero attached hydrogens (tertiary/aromatic N) is 1. The van der Waals surface area contributed by atoms with Crippen molar-refractivity contribution in [2.24, 2.45) is 0 Å². The van der Waals surface area contributed by atoms with E-state index in [-0.39, 0.29) is 24.1 Å². The monoisotopic (exact) mass is 381 g/mol. The number of aliphatic hydroxyl groups is 1. The maximum atomic E-state index is 12.5. The molecule has 4 unspecified atom stereocenters. The van der Waals surface area contributed by atoms with E-state index in [1.54, 1.807) is 4.90 Å². The number of benzene rings is 1. The molecule has 2 aliphatic rings. The van der Waals surface area contributed by atoms with Crippen LogP contribution in [0.3, 0.4) is 0 Å². The lowest BCUT2D eigenvalue weighted by molar-refractivity contribution is -0.0301. The molecule has 4 nitrogen and oxygen atoms in total. The average molecular weight is 382 g/mol. The van der Waals surface area contributed by atoms with E-state index in [1.165, 1.54) is 0 Å². The molecular formula is C18H24BrNO3. The van der Waals surface area contributed by atoms with E-state index in [2.05, 4.69) is 28.1 Å². The van der Waals surface area contributed by atoms with Gasteiger partial charge in [-0.2, -0.15) is 0 Å². The first-order valence-electron chi connectivity index (χ1n) is 8.21. The fraction of sp³-hybridized carbons (Fsp3) is 0.611. The van der Waals surface area contributed by atoms with Crippen LogP contribution in [0, 0.1) is 0 Å². The number of hydrogen-bond donors (Lipinski definition) is 1. The first kappa shape index (κ1) is 16.8. The first-order valence-corrected chi connectivity index (χ1v) is 9.00. The van der Waals surface area contributed by atoms with Crippen molar-refractivity contribution < 1.29 is 14.6 Å². The number of ether oxygens (including phenoxy) is 1. The first-order chi connectivity index (χ1) is 10.8. The van der Waals surface area contributed by atoms with Gasteiger partial charge in [0.05, 0.1) is 12.1 Å². The van der Waals surface area contributed by atoms with Crippen LogP contribution in [-0.4, -0.2) is 39.9 Å². The summed E-state index contributed by atoms with van der Waals surface area (Å²) in [6, 6.07) is 8.14. The quantitative estimate of drug-likeness (QED) is 0.797. The highest BCUT2D eigenvalue weighted by Crippen LogP contribution is 2.44. The molecule has 23 heavy (non-hydrogen) atoms. The van der Waals surface area contributed by atoms with Crippen molar-refractivity contribution in [3.63, 3.8) is 0 Å². The number of fused-ring (bicyclic) bond motifs is 2. The summed E-state index contributed by atoms with van der Waals surface area (Å²) in [5, 5.41) is 10.8. The fourth-order valence-electron chi connectivity index (χ4n) is 3.82. The maximum Gasteiger partial charge on any atom is 0.410 e. The molecule has 0 spiro atoms. The summed E-state index contributed by atoms with van der Waals surface area (Å²) in [4.78, 5) is 14.3. The lowest BCUT2D eigenvalue weighted by Gasteiger charge is -2.42. The molecule has 1 N–H and O–H groups in total. The highest BCUT2D eigenvalue weighted by Gasteiger charge is 2.50. The molecule has 0 aliphatic carbocycles. The minimum atomic E-state index is -0.539. The van der Waals surface area contributed by atoms with Gasteiger partial charge < -0.3 is 9.84 Å². The number of aliphatic hydroxyl groups excluding tert-OH is 1. The van der Waals surface area contributed by atoms with Crippen molar-refractivity contribution in [2.75, 3.05) is 0 Å². The third-order valence-electron chi connectivity index (χ3n) is 4.78. The van der Waals surface area contributed by atoms with Gasteiger partial charge in [0, 0.05) is 16.4 Å². The lowest BCUT2D eigenvalue weighted by Crippen LogP contribution is -2.54. The Labute approximate surface area is 145 Å². The van der Waals surface area contributed by atoms with Gasteiger partial charge in [-0.15, -0.1) is 0 Å². The van der Waals surface area contributed by atoms with Gasteiger partial charge in [-0.1, -0.05) is 28.1 Å². The topological polar surface area (TPSA) is 49.8 Å². The van der Waals surface area contributed by atoms with Crippen molar-refractivity contribution in [3.05, 3.63) is 34.3 Å². The molecule has 2 aliphatic heterocycles. The Morgan fingerprint density at radius 2 is 1.91 bits per heavy atom. The van der Waals surface area contributed by atoms with Crippen molar-refractivity contribution in [2.45, 2.75) is 69.7 Å². The Balaban J connectivity index is 1.79. The number of rotatable bonds is 1. The molecule has 2 saturated heterocycles.